The van der Waals surface area contributed by atoms with Gasteiger partial charge >= 0.3 is 0 Å². The smallest absolute Gasteiger partial charge is 0.0708 e. The first kappa shape index (κ1) is 13.1. The molecule has 2 heterocycles. The molecule has 0 bridgehead atoms. The van der Waals surface area contributed by atoms with Crippen LogP contribution in [0.3, 0.4) is 0 Å². The summed E-state index contributed by atoms with van der Waals surface area (Å²) < 4.78 is 6.35. The molecule has 1 atom stereocenters. The Balaban J connectivity index is 1.42. The van der Waals surface area contributed by atoms with Gasteiger partial charge in [-0.25, -0.2) is 0 Å². The first-order chi connectivity index (χ1) is 9.36. The van der Waals surface area contributed by atoms with Crippen LogP contribution < -0.4 is 5.32 Å². The van der Waals surface area contributed by atoms with Crippen molar-refractivity contribution >= 4 is 0 Å². The Labute approximate surface area is 115 Å². The third-order valence-corrected chi connectivity index (χ3v) is 4.55. The molecular weight excluding hydrogens is 236 g/mol. The number of ether oxygens (including phenoxy) is 1. The van der Waals surface area contributed by atoms with E-state index in [9.17, 15) is 0 Å². The van der Waals surface area contributed by atoms with Crippen molar-refractivity contribution in [1.82, 2.24) is 10.3 Å². The van der Waals surface area contributed by atoms with E-state index in [1.807, 2.05) is 12.4 Å². The van der Waals surface area contributed by atoms with Gasteiger partial charge in [0.25, 0.3) is 0 Å². The fourth-order valence-electron chi connectivity index (χ4n) is 3.48. The zero-order valence-corrected chi connectivity index (χ0v) is 11.6. The first-order valence-electron chi connectivity index (χ1n) is 7.64. The molecule has 2 aliphatic rings. The van der Waals surface area contributed by atoms with Gasteiger partial charge in [0.1, 0.15) is 0 Å². The Morgan fingerprint density at radius 1 is 1.16 bits per heavy atom. The lowest BCUT2D eigenvalue weighted by atomic mass is 9.83. The van der Waals surface area contributed by atoms with Crippen molar-refractivity contribution in [3.05, 3.63) is 30.1 Å². The molecule has 0 aromatic carbocycles. The van der Waals surface area contributed by atoms with Crippen LogP contribution in [0.2, 0.25) is 0 Å². The van der Waals surface area contributed by atoms with Crippen LogP contribution in [-0.2, 0) is 11.3 Å². The predicted octanol–water partition coefficient (Wildman–Crippen LogP) is 3.05. The van der Waals surface area contributed by atoms with Crippen molar-refractivity contribution in [2.45, 2.75) is 63.2 Å². The normalized spacial score (nSPS) is 25.8. The number of pyridine rings is 1. The minimum atomic E-state index is 0.251. The number of hydrogen-bond acceptors (Lipinski definition) is 3. The van der Waals surface area contributed by atoms with Crippen molar-refractivity contribution in [1.29, 1.82) is 0 Å². The number of rotatable bonds is 4. The first-order valence-corrected chi connectivity index (χ1v) is 7.64. The molecule has 2 fully saturated rings. The summed E-state index contributed by atoms with van der Waals surface area (Å²) in [7, 11) is 0. The maximum atomic E-state index is 6.35. The maximum Gasteiger partial charge on any atom is 0.0708 e. The molecule has 1 aromatic heterocycles. The van der Waals surface area contributed by atoms with Gasteiger partial charge in [0.2, 0.25) is 0 Å². The number of hydrogen-bond donors (Lipinski definition) is 1. The molecule has 1 aromatic rings. The van der Waals surface area contributed by atoms with E-state index in [-0.39, 0.29) is 5.60 Å². The fraction of sp³-hybridized carbons (Fsp3) is 0.688. The number of aromatic nitrogens is 1. The SMILES string of the molecule is c1cc(CNCC2CCC3(CCCCC3)O2)ccn1. The summed E-state index contributed by atoms with van der Waals surface area (Å²) in [4.78, 5) is 4.04. The van der Waals surface area contributed by atoms with Crippen LogP contribution in [0.1, 0.15) is 50.5 Å². The highest BCUT2D eigenvalue weighted by atomic mass is 16.5. The van der Waals surface area contributed by atoms with Gasteiger partial charge in [0, 0.05) is 25.5 Å². The minimum Gasteiger partial charge on any atom is -0.370 e. The minimum absolute atomic E-state index is 0.251. The standard InChI is InChI=1S/C16H24N2O/c1-2-7-16(8-3-1)9-4-15(19-16)13-18-12-14-5-10-17-11-6-14/h5-6,10-11,15,18H,1-4,7-9,12-13H2. The van der Waals surface area contributed by atoms with E-state index in [1.54, 1.807) is 0 Å². The molecule has 1 spiro atoms. The largest absolute Gasteiger partial charge is 0.370 e. The number of nitrogens with one attached hydrogen (secondary N) is 1. The van der Waals surface area contributed by atoms with Crippen LogP contribution in [-0.4, -0.2) is 23.2 Å². The average Bonchev–Trinajstić information content (AvgIpc) is 2.84. The summed E-state index contributed by atoms with van der Waals surface area (Å²) in [5.74, 6) is 0. The summed E-state index contributed by atoms with van der Waals surface area (Å²) in [6.45, 7) is 1.89. The van der Waals surface area contributed by atoms with Crippen molar-refractivity contribution in [3.8, 4) is 0 Å². The second kappa shape index (κ2) is 6.02. The highest BCUT2D eigenvalue weighted by molar-refractivity contribution is 5.09. The molecule has 1 unspecified atom stereocenters. The second-order valence-electron chi connectivity index (χ2n) is 6.01. The zero-order chi connectivity index (χ0) is 13.0. The van der Waals surface area contributed by atoms with Gasteiger partial charge in [-0.15, -0.1) is 0 Å². The lowest BCUT2D eigenvalue weighted by molar-refractivity contribution is -0.0624. The molecule has 0 amide bonds. The summed E-state index contributed by atoms with van der Waals surface area (Å²) in [6.07, 6.45) is 13.3. The molecule has 104 valence electrons. The third kappa shape index (κ3) is 3.34. The van der Waals surface area contributed by atoms with Gasteiger partial charge in [0.15, 0.2) is 0 Å². The van der Waals surface area contributed by atoms with E-state index < -0.39 is 0 Å². The molecule has 1 aliphatic carbocycles. The predicted molar refractivity (Wildman–Crippen MR) is 75.9 cm³/mol. The lowest BCUT2D eigenvalue weighted by Gasteiger charge is -2.33. The zero-order valence-electron chi connectivity index (χ0n) is 11.6. The molecule has 1 saturated heterocycles. The van der Waals surface area contributed by atoms with Crippen molar-refractivity contribution in [2.24, 2.45) is 0 Å². The summed E-state index contributed by atoms with van der Waals surface area (Å²) in [5.41, 5.74) is 1.54. The van der Waals surface area contributed by atoms with E-state index in [0.29, 0.717) is 6.10 Å². The summed E-state index contributed by atoms with van der Waals surface area (Å²) in [6, 6.07) is 4.12. The summed E-state index contributed by atoms with van der Waals surface area (Å²) >= 11 is 0. The molecular formula is C16H24N2O. The molecule has 3 heteroatoms. The number of nitrogens with zero attached hydrogens (tertiary/aromatic N) is 1. The van der Waals surface area contributed by atoms with Crippen molar-refractivity contribution < 1.29 is 4.74 Å². The quantitative estimate of drug-likeness (QED) is 0.903. The summed E-state index contributed by atoms with van der Waals surface area (Å²) in [5, 5.41) is 3.51. The van der Waals surface area contributed by atoms with Gasteiger partial charge in [-0.2, -0.15) is 0 Å². The van der Waals surface area contributed by atoms with Crippen LogP contribution in [0.5, 0.6) is 0 Å². The van der Waals surface area contributed by atoms with Crippen LogP contribution in [0.15, 0.2) is 24.5 Å². The van der Waals surface area contributed by atoms with Gasteiger partial charge in [-0.3, -0.25) is 4.98 Å². The molecule has 3 nitrogen and oxygen atoms in total. The van der Waals surface area contributed by atoms with Gasteiger partial charge < -0.3 is 10.1 Å². The highest BCUT2D eigenvalue weighted by Crippen LogP contribution is 2.41. The van der Waals surface area contributed by atoms with Gasteiger partial charge in [0.05, 0.1) is 11.7 Å². The van der Waals surface area contributed by atoms with Gasteiger partial charge in [-0.1, -0.05) is 19.3 Å². The Kier molecular flexibility index (Phi) is 4.14. The van der Waals surface area contributed by atoms with Gasteiger partial charge in [-0.05, 0) is 43.4 Å². The maximum absolute atomic E-state index is 6.35. The fourth-order valence-corrected chi connectivity index (χ4v) is 3.48. The third-order valence-electron chi connectivity index (χ3n) is 4.55. The van der Waals surface area contributed by atoms with Crippen molar-refractivity contribution in [3.63, 3.8) is 0 Å². The Morgan fingerprint density at radius 3 is 2.74 bits per heavy atom. The lowest BCUT2D eigenvalue weighted by Crippen LogP contribution is -2.34. The van der Waals surface area contributed by atoms with E-state index in [4.69, 9.17) is 4.74 Å². The average molecular weight is 260 g/mol. The second-order valence-corrected chi connectivity index (χ2v) is 6.01. The Bertz CT molecular complexity index is 387. The van der Waals surface area contributed by atoms with Crippen LogP contribution >= 0.6 is 0 Å². The van der Waals surface area contributed by atoms with Crippen LogP contribution in [0.4, 0.5) is 0 Å². The van der Waals surface area contributed by atoms with Crippen molar-refractivity contribution in [2.75, 3.05) is 6.54 Å². The molecule has 1 aliphatic heterocycles. The van der Waals surface area contributed by atoms with E-state index in [1.165, 1.54) is 50.5 Å². The molecule has 3 rings (SSSR count). The van der Waals surface area contributed by atoms with E-state index in [0.717, 1.165) is 13.1 Å². The highest BCUT2D eigenvalue weighted by Gasteiger charge is 2.40. The Morgan fingerprint density at radius 2 is 1.95 bits per heavy atom. The molecule has 0 radical (unpaired) electrons. The van der Waals surface area contributed by atoms with E-state index in [2.05, 4.69) is 22.4 Å². The monoisotopic (exact) mass is 260 g/mol. The van der Waals surface area contributed by atoms with E-state index >= 15 is 0 Å². The Hall–Kier alpha value is -0.930. The molecule has 19 heavy (non-hydrogen) atoms. The molecule has 1 saturated carbocycles. The van der Waals surface area contributed by atoms with Crippen LogP contribution in [0, 0.1) is 0 Å². The topological polar surface area (TPSA) is 34.1 Å². The van der Waals surface area contributed by atoms with Crippen LogP contribution in [0.25, 0.3) is 0 Å². The molecule has 1 N–H and O–H groups in total.